The van der Waals surface area contributed by atoms with Gasteiger partial charge in [-0.2, -0.15) is 0 Å². The van der Waals surface area contributed by atoms with E-state index in [2.05, 4.69) is 16.7 Å². The summed E-state index contributed by atoms with van der Waals surface area (Å²) in [7, 11) is 0. The van der Waals surface area contributed by atoms with Crippen molar-refractivity contribution in [3.63, 3.8) is 0 Å². The summed E-state index contributed by atoms with van der Waals surface area (Å²) in [5, 5.41) is 6.27. The van der Waals surface area contributed by atoms with E-state index in [0.717, 1.165) is 38.0 Å². The second-order valence-corrected chi connectivity index (χ2v) is 7.36. The van der Waals surface area contributed by atoms with Gasteiger partial charge in [-0.25, -0.2) is 0 Å². The van der Waals surface area contributed by atoms with Crippen LogP contribution in [0.25, 0.3) is 0 Å². The van der Waals surface area contributed by atoms with Gasteiger partial charge in [0.05, 0.1) is 0 Å². The molecule has 2 aromatic rings. The summed E-state index contributed by atoms with van der Waals surface area (Å²) in [4.78, 5) is 27.0. The first-order chi connectivity index (χ1) is 13.2. The molecule has 4 rings (SSSR count). The van der Waals surface area contributed by atoms with E-state index in [4.69, 9.17) is 0 Å². The molecule has 5 nitrogen and oxygen atoms in total. The highest BCUT2D eigenvalue weighted by molar-refractivity contribution is 6.08. The van der Waals surface area contributed by atoms with Crippen LogP contribution in [-0.4, -0.2) is 31.4 Å². The minimum atomic E-state index is -0.0203. The summed E-state index contributed by atoms with van der Waals surface area (Å²) in [6, 6.07) is 15.3. The van der Waals surface area contributed by atoms with Crippen molar-refractivity contribution in [3.8, 4) is 0 Å². The quantitative estimate of drug-likeness (QED) is 0.857. The van der Waals surface area contributed by atoms with E-state index < -0.39 is 0 Å². The van der Waals surface area contributed by atoms with Crippen LogP contribution >= 0.6 is 0 Å². The topological polar surface area (TPSA) is 61.4 Å². The lowest BCUT2D eigenvalue weighted by atomic mass is 10.0. The Morgan fingerprint density at radius 2 is 2.04 bits per heavy atom. The molecule has 2 aliphatic heterocycles. The van der Waals surface area contributed by atoms with Crippen LogP contribution in [0.1, 0.15) is 35.2 Å². The Morgan fingerprint density at radius 3 is 2.89 bits per heavy atom. The largest absolute Gasteiger partial charge is 0.326 e. The number of carbonyl (C=O) groups excluding carboxylic acids is 2. The first kappa shape index (κ1) is 17.7. The lowest BCUT2D eigenvalue weighted by molar-refractivity contribution is -0.116. The first-order valence-corrected chi connectivity index (χ1v) is 9.71. The van der Waals surface area contributed by atoms with Crippen LogP contribution in [-0.2, 0) is 11.2 Å². The predicted octanol–water partition coefficient (Wildman–Crippen LogP) is 3.22. The van der Waals surface area contributed by atoms with Gasteiger partial charge in [0.25, 0.3) is 5.91 Å². The molecule has 27 heavy (non-hydrogen) atoms. The van der Waals surface area contributed by atoms with Crippen LogP contribution in [0.3, 0.4) is 0 Å². The molecule has 1 saturated heterocycles. The van der Waals surface area contributed by atoms with E-state index in [1.807, 2.05) is 41.3 Å². The highest BCUT2D eigenvalue weighted by Gasteiger charge is 2.25. The molecule has 5 heteroatoms. The number of nitrogens with one attached hydrogen (secondary N) is 2. The fourth-order valence-corrected chi connectivity index (χ4v) is 3.95. The molecule has 0 bridgehead atoms. The fraction of sp³-hybridized carbons (Fsp3) is 0.364. The lowest BCUT2D eigenvalue weighted by Gasteiger charge is -2.18. The van der Waals surface area contributed by atoms with E-state index in [9.17, 15) is 9.59 Å². The average molecular weight is 363 g/mol. The second kappa shape index (κ2) is 7.92. The zero-order valence-electron chi connectivity index (χ0n) is 15.4. The molecule has 2 heterocycles. The molecular formula is C22H25N3O2. The number of rotatable bonds is 5. The Balaban J connectivity index is 1.40. The minimum absolute atomic E-state index is 0.0121. The fourth-order valence-electron chi connectivity index (χ4n) is 3.95. The predicted molar refractivity (Wildman–Crippen MR) is 107 cm³/mol. The summed E-state index contributed by atoms with van der Waals surface area (Å²) in [5.74, 6) is 0.588. The van der Waals surface area contributed by atoms with Crippen molar-refractivity contribution in [2.45, 2.75) is 25.7 Å². The molecule has 0 saturated carbocycles. The number of para-hydroxylation sites is 1. The molecule has 0 spiro atoms. The normalized spacial score (nSPS) is 18.4. The van der Waals surface area contributed by atoms with Crippen LogP contribution in [0.15, 0.2) is 48.5 Å². The van der Waals surface area contributed by atoms with Crippen molar-refractivity contribution in [3.05, 3.63) is 59.7 Å². The third-order valence-corrected chi connectivity index (χ3v) is 5.47. The molecule has 2 N–H and O–H groups in total. The van der Waals surface area contributed by atoms with Crippen molar-refractivity contribution >= 4 is 23.2 Å². The summed E-state index contributed by atoms with van der Waals surface area (Å²) in [6.07, 6.45) is 3.45. The number of amides is 2. The van der Waals surface area contributed by atoms with E-state index in [1.54, 1.807) is 6.07 Å². The van der Waals surface area contributed by atoms with E-state index in [0.29, 0.717) is 30.1 Å². The van der Waals surface area contributed by atoms with Crippen LogP contribution in [0, 0.1) is 5.92 Å². The van der Waals surface area contributed by atoms with Gasteiger partial charge < -0.3 is 15.5 Å². The van der Waals surface area contributed by atoms with Crippen LogP contribution in [0.4, 0.5) is 11.4 Å². The number of hydrogen-bond acceptors (Lipinski definition) is 3. The van der Waals surface area contributed by atoms with Crippen LogP contribution < -0.4 is 15.5 Å². The average Bonchev–Trinajstić information content (AvgIpc) is 3.36. The molecule has 1 fully saturated rings. The van der Waals surface area contributed by atoms with Gasteiger partial charge in [-0.05, 0) is 68.1 Å². The number of benzene rings is 2. The SMILES string of the molecule is O=C(CCC1CCNC1)Nc1cccc(C(=O)N2CCc3ccccc32)c1. The number of carbonyl (C=O) groups is 2. The third kappa shape index (κ3) is 4.03. The van der Waals surface area contributed by atoms with Gasteiger partial charge in [0.1, 0.15) is 0 Å². The standard InChI is InChI=1S/C22H25N3O2/c26-21(9-8-16-10-12-23-15-16)24-19-6-3-5-18(14-19)22(27)25-13-11-17-4-1-2-7-20(17)25/h1-7,14,16,23H,8-13,15H2,(H,24,26). The van der Waals surface area contributed by atoms with E-state index >= 15 is 0 Å². The third-order valence-electron chi connectivity index (χ3n) is 5.47. The van der Waals surface area contributed by atoms with Gasteiger partial charge in [0.15, 0.2) is 0 Å². The zero-order chi connectivity index (χ0) is 18.6. The van der Waals surface area contributed by atoms with Crippen molar-refractivity contribution in [2.24, 2.45) is 5.92 Å². The molecule has 0 radical (unpaired) electrons. The van der Waals surface area contributed by atoms with Gasteiger partial charge in [-0.1, -0.05) is 24.3 Å². The Labute approximate surface area is 159 Å². The monoisotopic (exact) mass is 363 g/mol. The summed E-state index contributed by atoms with van der Waals surface area (Å²) >= 11 is 0. The molecule has 0 aliphatic carbocycles. The van der Waals surface area contributed by atoms with Crippen molar-refractivity contribution in [2.75, 3.05) is 29.9 Å². The molecule has 1 atom stereocenters. The van der Waals surface area contributed by atoms with Crippen molar-refractivity contribution < 1.29 is 9.59 Å². The molecule has 140 valence electrons. The molecule has 2 aliphatic rings. The van der Waals surface area contributed by atoms with E-state index in [1.165, 1.54) is 5.56 Å². The summed E-state index contributed by atoms with van der Waals surface area (Å²) in [5.41, 5.74) is 3.48. The number of hydrogen-bond donors (Lipinski definition) is 2. The van der Waals surface area contributed by atoms with Crippen molar-refractivity contribution in [1.82, 2.24) is 5.32 Å². The van der Waals surface area contributed by atoms with Crippen LogP contribution in [0.5, 0.6) is 0 Å². The van der Waals surface area contributed by atoms with Crippen LogP contribution in [0.2, 0.25) is 0 Å². The number of anilines is 2. The highest BCUT2D eigenvalue weighted by Crippen LogP contribution is 2.29. The maximum absolute atomic E-state index is 13.0. The Bertz CT molecular complexity index is 843. The second-order valence-electron chi connectivity index (χ2n) is 7.36. The molecule has 1 unspecified atom stereocenters. The van der Waals surface area contributed by atoms with Gasteiger partial charge in [0.2, 0.25) is 5.91 Å². The van der Waals surface area contributed by atoms with Gasteiger partial charge in [-0.15, -0.1) is 0 Å². The number of fused-ring (bicyclic) bond motifs is 1. The van der Waals surface area contributed by atoms with Gasteiger partial charge >= 0.3 is 0 Å². The number of nitrogens with zero attached hydrogens (tertiary/aromatic N) is 1. The van der Waals surface area contributed by atoms with E-state index in [-0.39, 0.29) is 11.8 Å². The Hall–Kier alpha value is -2.66. The smallest absolute Gasteiger partial charge is 0.258 e. The van der Waals surface area contributed by atoms with Gasteiger partial charge in [0, 0.05) is 29.9 Å². The van der Waals surface area contributed by atoms with Gasteiger partial charge in [-0.3, -0.25) is 9.59 Å². The summed E-state index contributed by atoms with van der Waals surface area (Å²) < 4.78 is 0. The highest BCUT2D eigenvalue weighted by atomic mass is 16.2. The maximum atomic E-state index is 13.0. The molecule has 0 aromatic heterocycles. The summed E-state index contributed by atoms with van der Waals surface area (Å²) in [6.45, 7) is 2.76. The lowest BCUT2D eigenvalue weighted by Crippen LogP contribution is -2.28. The molecular weight excluding hydrogens is 338 g/mol. The maximum Gasteiger partial charge on any atom is 0.258 e. The van der Waals surface area contributed by atoms with Crippen molar-refractivity contribution in [1.29, 1.82) is 0 Å². The molecule has 2 amide bonds. The first-order valence-electron chi connectivity index (χ1n) is 9.71. The zero-order valence-corrected chi connectivity index (χ0v) is 15.4. The molecule has 2 aromatic carbocycles. The Morgan fingerprint density at radius 1 is 1.15 bits per heavy atom. The minimum Gasteiger partial charge on any atom is -0.326 e. The Kier molecular flexibility index (Phi) is 5.21.